The lowest BCUT2D eigenvalue weighted by Gasteiger charge is -2.33. The summed E-state index contributed by atoms with van der Waals surface area (Å²) < 4.78 is 45.6. The van der Waals surface area contributed by atoms with Crippen molar-refractivity contribution in [3.05, 3.63) is 0 Å². The van der Waals surface area contributed by atoms with Gasteiger partial charge in [0.25, 0.3) is 0 Å². The van der Waals surface area contributed by atoms with Crippen LogP contribution in [0.3, 0.4) is 0 Å². The summed E-state index contributed by atoms with van der Waals surface area (Å²) in [5.41, 5.74) is 0. The molecule has 0 aromatic carbocycles. The molecule has 0 bridgehead atoms. The van der Waals surface area contributed by atoms with E-state index in [0.717, 1.165) is 0 Å². The smallest absolute Gasteiger partial charge is 0.390 e. The fourth-order valence-electron chi connectivity index (χ4n) is 1.25. The van der Waals surface area contributed by atoms with Crippen molar-refractivity contribution in [3.63, 3.8) is 0 Å². The monoisotopic (exact) mass is 200 g/mol. The third kappa shape index (κ3) is 2.55. The van der Waals surface area contributed by atoms with Gasteiger partial charge in [0.05, 0.1) is 6.10 Å². The minimum Gasteiger partial charge on any atom is -0.390 e. The van der Waals surface area contributed by atoms with Crippen molar-refractivity contribution in [1.82, 2.24) is 0 Å². The molecule has 1 aliphatic rings. The second kappa shape index (κ2) is 3.81. The Morgan fingerprint density at radius 1 is 1.38 bits per heavy atom. The highest BCUT2D eigenvalue weighted by Gasteiger charge is 2.48. The topological polar surface area (TPSA) is 38.7 Å². The summed E-state index contributed by atoms with van der Waals surface area (Å²) >= 11 is 0. The summed E-state index contributed by atoms with van der Waals surface area (Å²) in [7, 11) is 1.27. The quantitative estimate of drug-likeness (QED) is 0.687. The van der Waals surface area contributed by atoms with Crippen LogP contribution in [0, 0.1) is 0 Å². The van der Waals surface area contributed by atoms with Crippen LogP contribution in [0.25, 0.3) is 0 Å². The number of ether oxygens (including phenoxy) is 2. The largest absolute Gasteiger partial charge is 0.417 e. The van der Waals surface area contributed by atoms with E-state index in [0.29, 0.717) is 0 Å². The Kier molecular flexibility index (Phi) is 3.15. The minimum atomic E-state index is -4.53. The number of hydrogen-bond acceptors (Lipinski definition) is 3. The van der Waals surface area contributed by atoms with E-state index in [1.54, 1.807) is 0 Å². The molecule has 13 heavy (non-hydrogen) atoms. The molecule has 3 nitrogen and oxygen atoms in total. The van der Waals surface area contributed by atoms with E-state index < -0.39 is 24.7 Å². The Hall–Kier alpha value is -0.330. The molecule has 0 radical (unpaired) electrons. The lowest BCUT2D eigenvalue weighted by atomic mass is 10.0. The Bertz CT molecular complexity index is 171. The minimum absolute atomic E-state index is 0.0443. The molecule has 1 heterocycles. The first-order valence-electron chi connectivity index (χ1n) is 3.88. The molecule has 1 fully saturated rings. The average Bonchev–Trinajstić information content (AvgIpc) is 2.03. The van der Waals surface area contributed by atoms with E-state index in [9.17, 15) is 13.2 Å². The van der Waals surface area contributed by atoms with E-state index in [4.69, 9.17) is 5.11 Å². The normalized spacial score (nSPS) is 36.2. The van der Waals surface area contributed by atoms with E-state index in [1.165, 1.54) is 7.11 Å². The van der Waals surface area contributed by atoms with Crippen LogP contribution in [0.5, 0.6) is 0 Å². The predicted molar refractivity (Wildman–Crippen MR) is 37.0 cm³/mol. The van der Waals surface area contributed by atoms with E-state index in [2.05, 4.69) is 9.47 Å². The third-order valence-corrected chi connectivity index (χ3v) is 1.93. The molecule has 0 spiro atoms. The molecular weight excluding hydrogens is 189 g/mol. The van der Waals surface area contributed by atoms with Gasteiger partial charge in [0, 0.05) is 13.5 Å². The van der Waals surface area contributed by atoms with Gasteiger partial charge in [-0.15, -0.1) is 0 Å². The van der Waals surface area contributed by atoms with Crippen molar-refractivity contribution in [2.45, 2.75) is 37.5 Å². The number of methoxy groups -OCH3 is 1. The zero-order valence-corrected chi connectivity index (χ0v) is 7.04. The van der Waals surface area contributed by atoms with Gasteiger partial charge in [-0.1, -0.05) is 0 Å². The van der Waals surface area contributed by atoms with Crippen LogP contribution in [0.2, 0.25) is 0 Å². The molecule has 1 N–H and O–H groups in total. The molecule has 0 aromatic heterocycles. The molecule has 1 rings (SSSR count). The van der Waals surface area contributed by atoms with Gasteiger partial charge < -0.3 is 14.6 Å². The van der Waals surface area contributed by atoms with Crippen LogP contribution >= 0.6 is 0 Å². The maximum absolute atomic E-state index is 12.2. The second-order valence-electron chi connectivity index (χ2n) is 2.91. The molecule has 0 amide bonds. The van der Waals surface area contributed by atoms with Crippen LogP contribution in [-0.4, -0.2) is 36.9 Å². The first kappa shape index (κ1) is 10.7. The highest BCUT2D eigenvalue weighted by Crippen LogP contribution is 2.32. The number of aliphatic hydroxyl groups excluding tert-OH is 1. The number of halogens is 3. The van der Waals surface area contributed by atoms with Crippen molar-refractivity contribution in [2.24, 2.45) is 0 Å². The second-order valence-corrected chi connectivity index (χ2v) is 2.91. The van der Waals surface area contributed by atoms with Gasteiger partial charge >= 0.3 is 6.18 Å². The van der Waals surface area contributed by atoms with Crippen LogP contribution < -0.4 is 0 Å². The van der Waals surface area contributed by atoms with E-state index in [1.807, 2.05) is 0 Å². The maximum Gasteiger partial charge on any atom is 0.417 e. The zero-order valence-electron chi connectivity index (χ0n) is 7.04. The summed E-state index contributed by atoms with van der Waals surface area (Å²) in [4.78, 5) is 0. The molecule has 1 saturated heterocycles. The van der Waals surface area contributed by atoms with Gasteiger partial charge in [-0.25, -0.2) is 0 Å². The number of aliphatic hydroxyl groups is 1. The first-order valence-corrected chi connectivity index (χ1v) is 3.88. The summed E-state index contributed by atoms with van der Waals surface area (Å²) in [6.45, 7) is 0. The van der Waals surface area contributed by atoms with Gasteiger partial charge in [-0.05, 0) is 6.42 Å². The van der Waals surface area contributed by atoms with Crippen molar-refractivity contribution >= 4 is 0 Å². The van der Waals surface area contributed by atoms with Gasteiger partial charge in [0.15, 0.2) is 12.4 Å². The number of alkyl halides is 3. The molecule has 78 valence electrons. The summed E-state index contributed by atoms with van der Waals surface area (Å²) in [5, 5.41) is 9.02. The van der Waals surface area contributed by atoms with Crippen LogP contribution in [0.4, 0.5) is 13.2 Å². The number of hydrogen-bond donors (Lipinski definition) is 1. The van der Waals surface area contributed by atoms with Gasteiger partial charge in [0.1, 0.15) is 0 Å². The average molecular weight is 200 g/mol. The maximum atomic E-state index is 12.2. The van der Waals surface area contributed by atoms with Crippen molar-refractivity contribution < 1.29 is 27.8 Å². The van der Waals surface area contributed by atoms with Crippen molar-refractivity contribution in [1.29, 1.82) is 0 Å². The van der Waals surface area contributed by atoms with Crippen LogP contribution in [-0.2, 0) is 9.47 Å². The van der Waals surface area contributed by atoms with E-state index >= 15 is 0 Å². The molecule has 3 atom stereocenters. The fourth-order valence-corrected chi connectivity index (χ4v) is 1.25. The molecule has 0 saturated carbocycles. The molecule has 6 heteroatoms. The summed E-state index contributed by atoms with van der Waals surface area (Å²) in [6.07, 6.45) is -8.67. The lowest BCUT2D eigenvalue weighted by Crippen LogP contribution is -2.48. The Morgan fingerprint density at radius 2 is 2.00 bits per heavy atom. The lowest BCUT2D eigenvalue weighted by molar-refractivity contribution is -0.307. The Morgan fingerprint density at radius 3 is 2.46 bits per heavy atom. The van der Waals surface area contributed by atoms with Crippen molar-refractivity contribution in [2.75, 3.05) is 7.11 Å². The van der Waals surface area contributed by atoms with Crippen molar-refractivity contribution in [3.8, 4) is 0 Å². The van der Waals surface area contributed by atoms with Gasteiger partial charge in [-0.3, -0.25) is 0 Å². The number of rotatable bonds is 1. The molecule has 0 aliphatic carbocycles. The highest BCUT2D eigenvalue weighted by atomic mass is 19.4. The standard InChI is InChI=1S/C7H11F3O3/c1-12-5-3-2-4(11)6(13-5)7(8,9)10/h4-6,11H,2-3H2,1H3. The van der Waals surface area contributed by atoms with Crippen LogP contribution in [0.1, 0.15) is 12.8 Å². The third-order valence-electron chi connectivity index (χ3n) is 1.93. The SMILES string of the molecule is COC1CCC(O)C(C(F)(F)F)O1. The molecule has 0 aromatic rings. The zero-order chi connectivity index (χ0) is 10.1. The molecular formula is C7H11F3O3. The highest BCUT2D eigenvalue weighted by molar-refractivity contribution is 4.81. The Balaban J connectivity index is 2.60. The summed E-state index contributed by atoms with van der Waals surface area (Å²) in [5.74, 6) is 0. The van der Waals surface area contributed by atoms with Crippen LogP contribution in [0.15, 0.2) is 0 Å². The first-order chi connectivity index (χ1) is 5.95. The van der Waals surface area contributed by atoms with E-state index in [-0.39, 0.29) is 12.8 Å². The van der Waals surface area contributed by atoms with Gasteiger partial charge in [-0.2, -0.15) is 13.2 Å². The predicted octanol–water partition coefficient (Wildman–Crippen LogP) is 1.06. The molecule has 3 unspecified atom stereocenters. The summed E-state index contributed by atoms with van der Waals surface area (Å²) in [6, 6.07) is 0. The Labute approximate surface area is 73.4 Å². The molecule has 1 aliphatic heterocycles. The fraction of sp³-hybridized carbons (Fsp3) is 1.00. The van der Waals surface area contributed by atoms with Gasteiger partial charge in [0.2, 0.25) is 0 Å².